The minimum atomic E-state index is -0.469. The van der Waals surface area contributed by atoms with Gasteiger partial charge < -0.3 is 5.11 Å². The number of aliphatic hydroxyl groups is 1. The number of hydrogen-bond donors (Lipinski definition) is 1. The fourth-order valence-corrected chi connectivity index (χ4v) is 1.44. The van der Waals surface area contributed by atoms with Gasteiger partial charge in [0.25, 0.3) is 0 Å². The van der Waals surface area contributed by atoms with Crippen LogP contribution < -0.4 is 0 Å². The maximum absolute atomic E-state index is 9.82. The molecule has 0 amide bonds. The van der Waals surface area contributed by atoms with E-state index < -0.39 is 6.10 Å². The van der Waals surface area contributed by atoms with Crippen molar-refractivity contribution in [1.29, 1.82) is 0 Å². The summed E-state index contributed by atoms with van der Waals surface area (Å²) in [6.07, 6.45) is 1.71. The molecule has 1 aliphatic rings. The van der Waals surface area contributed by atoms with Crippen molar-refractivity contribution >= 4 is 0 Å². The van der Waals surface area contributed by atoms with E-state index in [0.29, 0.717) is 11.6 Å². The summed E-state index contributed by atoms with van der Waals surface area (Å²) in [5.41, 5.74) is 1.43. The lowest BCUT2D eigenvalue weighted by atomic mass is 10.0. The molecule has 1 heterocycles. The van der Waals surface area contributed by atoms with Gasteiger partial charge in [0, 0.05) is 5.92 Å². The zero-order chi connectivity index (χ0) is 9.42. The topological polar surface area (TPSA) is 59.2 Å². The molecule has 1 aromatic heterocycles. The van der Waals surface area contributed by atoms with E-state index in [1.807, 2.05) is 13.8 Å². The van der Waals surface area contributed by atoms with Crippen LogP contribution in [0, 0.1) is 5.92 Å². The summed E-state index contributed by atoms with van der Waals surface area (Å²) in [4.78, 5) is 0. The van der Waals surface area contributed by atoms with E-state index >= 15 is 0 Å². The highest BCUT2D eigenvalue weighted by molar-refractivity contribution is 5.16. The number of rotatable bonds is 3. The third-order valence-corrected chi connectivity index (χ3v) is 2.44. The van der Waals surface area contributed by atoms with Gasteiger partial charge in [-0.3, -0.25) is 0 Å². The minimum Gasteiger partial charge on any atom is -0.386 e. The highest BCUT2D eigenvalue weighted by Gasteiger charge is 2.35. The number of aliphatic hydroxyl groups excluding tert-OH is 1. The summed E-state index contributed by atoms with van der Waals surface area (Å²) in [6.45, 7) is 4.03. The molecule has 1 atom stereocenters. The Kier molecular flexibility index (Phi) is 2.07. The largest absolute Gasteiger partial charge is 0.386 e. The predicted octanol–water partition coefficient (Wildman–Crippen LogP) is 1.64. The first-order chi connectivity index (χ1) is 6.20. The number of aromatic nitrogens is 2. The van der Waals surface area contributed by atoms with Gasteiger partial charge in [0.05, 0.1) is 0 Å². The van der Waals surface area contributed by atoms with Crippen LogP contribution in [0.1, 0.15) is 50.1 Å². The molecule has 1 aliphatic carbocycles. The normalized spacial score (nSPS) is 19.4. The molecule has 72 valence electrons. The Morgan fingerprint density at radius 3 is 2.46 bits per heavy atom. The van der Waals surface area contributed by atoms with Crippen molar-refractivity contribution in [1.82, 2.24) is 10.3 Å². The van der Waals surface area contributed by atoms with E-state index in [2.05, 4.69) is 14.9 Å². The maximum Gasteiger partial charge on any atom is 0.137 e. The molecular weight excluding hydrogens is 168 g/mol. The Bertz CT molecular complexity index is 292. The van der Waals surface area contributed by atoms with Crippen molar-refractivity contribution < 1.29 is 9.74 Å². The summed E-state index contributed by atoms with van der Waals surface area (Å²) in [7, 11) is 0. The van der Waals surface area contributed by atoms with Crippen molar-refractivity contribution in [3.8, 4) is 0 Å². The van der Waals surface area contributed by atoms with Gasteiger partial charge in [-0.15, -0.1) is 0 Å². The second kappa shape index (κ2) is 3.10. The van der Waals surface area contributed by atoms with Gasteiger partial charge in [0.1, 0.15) is 17.5 Å². The molecule has 0 saturated heterocycles. The molecule has 4 heteroatoms. The Morgan fingerprint density at radius 1 is 1.31 bits per heavy atom. The van der Waals surface area contributed by atoms with Gasteiger partial charge >= 0.3 is 0 Å². The SMILES string of the molecule is CC(C)c1nonc1C(O)C1CC1. The van der Waals surface area contributed by atoms with Gasteiger partial charge in [0.2, 0.25) is 0 Å². The molecule has 4 nitrogen and oxygen atoms in total. The summed E-state index contributed by atoms with van der Waals surface area (Å²) in [6, 6.07) is 0. The van der Waals surface area contributed by atoms with E-state index in [4.69, 9.17) is 0 Å². The summed E-state index contributed by atoms with van der Waals surface area (Å²) in [5.74, 6) is 0.638. The van der Waals surface area contributed by atoms with E-state index in [1.165, 1.54) is 0 Å². The number of hydrogen-bond acceptors (Lipinski definition) is 4. The molecular formula is C9H14N2O2. The predicted molar refractivity (Wildman–Crippen MR) is 46.1 cm³/mol. The van der Waals surface area contributed by atoms with Crippen LogP contribution in [-0.2, 0) is 0 Å². The Morgan fingerprint density at radius 2 is 1.92 bits per heavy atom. The van der Waals surface area contributed by atoms with Crippen LogP contribution in [0.2, 0.25) is 0 Å². The van der Waals surface area contributed by atoms with Crippen LogP contribution in [0.15, 0.2) is 4.63 Å². The molecule has 2 rings (SSSR count). The second-order valence-corrected chi connectivity index (χ2v) is 3.97. The van der Waals surface area contributed by atoms with Crippen LogP contribution in [0.4, 0.5) is 0 Å². The molecule has 1 saturated carbocycles. The molecule has 0 aliphatic heterocycles. The van der Waals surface area contributed by atoms with Crippen molar-refractivity contribution in [2.75, 3.05) is 0 Å². The monoisotopic (exact) mass is 182 g/mol. The van der Waals surface area contributed by atoms with Crippen LogP contribution in [0.25, 0.3) is 0 Å². The van der Waals surface area contributed by atoms with Gasteiger partial charge in [-0.05, 0) is 18.8 Å². The van der Waals surface area contributed by atoms with Crippen molar-refractivity contribution in [3.63, 3.8) is 0 Å². The van der Waals surface area contributed by atoms with Gasteiger partial charge in [-0.25, -0.2) is 4.63 Å². The van der Waals surface area contributed by atoms with E-state index in [1.54, 1.807) is 0 Å². The quantitative estimate of drug-likeness (QED) is 0.771. The third kappa shape index (κ3) is 1.58. The van der Waals surface area contributed by atoms with E-state index in [-0.39, 0.29) is 5.92 Å². The minimum absolute atomic E-state index is 0.259. The third-order valence-electron chi connectivity index (χ3n) is 2.44. The van der Waals surface area contributed by atoms with Crippen LogP contribution >= 0.6 is 0 Å². The maximum atomic E-state index is 9.82. The first kappa shape index (κ1) is 8.69. The molecule has 1 aromatic rings. The Balaban J connectivity index is 2.22. The van der Waals surface area contributed by atoms with Crippen molar-refractivity contribution in [2.45, 2.75) is 38.7 Å². The standard InChI is InChI=1S/C9H14N2O2/c1-5(2)7-8(11-13-10-7)9(12)6-3-4-6/h5-6,9,12H,3-4H2,1-2H3. The second-order valence-electron chi connectivity index (χ2n) is 3.97. The fraction of sp³-hybridized carbons (Fsp3) is 0.778. The lowest BCUT2D eigenvalue weighted by molar-refractivity contribution is 0.142. The first-order valence-corrected chi connectivity index (χ1v) is 4.70. The van der Waals surface area contributed by atoms with E-state index in [0.717, 1.165) is 18.5 Å². The molecule has 1 N–H and O–H groups in total. The summed E-state index contributed by atoms with van der Waals surface area (Å²) >= 11 is 0. The van der Waals surface area contributed by atoms with Crippen LogP contribution in [0.3, 0.4) is 0 Å². The fourth-order valence-electron chi connectivity index (χ4n) is 1.44. The van der Waals surface area contributed by atoms with Crippen molar-refractivity contribution in [2.24, 2.45) is 5.92 Å². The lowest BCUT2D eigenvalue weighted by Gasteiger charge is -2.07. The summed E-state index contributed by atoms with van der Waals surface area (Å²) < 4.78 is 4.65. The van der Waals surface area contributed by atoms with E-state index in [9.17, 15) is 5.11 Å². The molecule has 0 bridgehead atoms. The first-order valence-electron chi connectivity index (χ1n) is 4.70. The van der Waals surface area contributed by atoms with Crippen molar-refractivity contribution in [3.05, 3.63) is 11.4 Å². The Hall–Kier alpha value is -0.900. The molecule has 1 fully saturated rings. The molecule has 0 aromatic carbocycles. The molecule has 13 heavy (non-hydrogen) atoms. The lowest BCUT2D eigenvalue weighted by Crippen LogP contribution is -2.04. The Labute approximate surface area is 76.9 Å². The smallest absolute Gasteiger partial charge is 0.137 e. The molecule has 0 radical (unpaired) electrons. The zero-order valence-corrected chi connectivity index (χ0v) is 7.90. The highest BCUT2D eigenvalue weighted by atomic mass is 16.6. The summed E-state index contributed by atoms with van der Waals surface area (Å²) in [5, 5.41) is 17.4. The average Bonchev–Trinajstić information content (AvgIpc) is 2.80. The van der Waals surface area contributed by atoms with Gasteiger partial charge in [-0.1, -0.05) is 24.2 Å². The highest BCUT2D eigenvalue weighted by Crippen LogP contribution is 2.41. The van der Waals surface area contributed by atoms with Crippen LogP contribution in [-0.4, -0.2) is 15.4 Å². The van der Waals surface area contributed by atoms with Crippen LogP contribution in [0.5, 0.6) is 0 Å². The number of nitrogens with zero attached hydrogens (tertiary/aromatic N) is 2. The van der Waals surface area contributed by atoms with Gasteiger partial charge in [-0.2, -0.15) is 0 Å². The van der Waals surface area contributed by atoms with Gasteiger partial charge in [0.15, 0.2) is 0 Å². The molecule has 0 spiro atoms. The molecule has 1 unspecified atom stereocenters. The zero-order valence-electron chi connectivity index (χ0n) is 7.90. The average molecular weight is 182 g/mol.